The normalized spacial score (nSPS) is 27.0. The average Bonchev–Trinajstić information content (AvgIpc) is 2.17. The Kier molecular flexibility index (Phi) is 1.50. The van der Waals surface area contributed by atoms with Crippen molar-refractivity contribution in [1.29, 1.82) is 0 Å². The Morgan fingerprint density at radius 1 is 1.62 bits per heavy atom. The summed E-state index contributed by atoms with van der Waals surface area (Å²) >= 11 is 0. The first-order valence-electron chi connectivity index (χ1n) is 3.54. The van der Waals surface area contributed by atoms with E-state index in [1.165, 1.54) is 12.8 Å². The summed E-state index contributed by atoms with van der Waals surface area (Å²) in [5.41, 5.74) is 0. The summed E-state index contributed by atoms with van der Waals surface area (Å²) < 4.78 is 0. The lowest BCUT2D eigenvalue weighted by atomic mass is 10.1. The number of rotatable bonds is 2. The summed E-state index contributed by atoms with van der Waals surface area (Å²) in [6.45, 7) is 6.90. The molecule has 0 bridgehead atoms. The molecule has 0 amide bonds. The van der Waals surface area contributed by atoms with Crippen LogP contribution in [0.2, 0.25) is 0 Å². The van der Waals surface area contributed by atoms with Gasteiger partial charge in [0.25, 0.3) is 0 Å². The number of hydrogen-bond acceptors (Lipinski definition) is 0. The third-order valence-corrected chi connectivity index (χ3v) is 1.78. The third kappa shape index (κ3) is 1.43. The van der Waals surface area contributed by atoms with E-state index in [0.717, 1.165) is 11.8 Å². The van der Waals surface area contributed by atoms with Crippen LogP contribution in [-0.4, -0.2) is 0 Å². The van der Waals surface area contributed by atoms with Gasteiger partial charge in [-0.1, -0.05) is 13.8 Å². The highest BCUT2D eigenvalue weighted by atomic mass is 14.4. The summed E-state index contributed by atoms with van der Waals surface area (Å²) in [5.74, 6) is 3.65. The van der Waals surface area contributed by atoms with Gasteiger partial charge < -0.3 is 0 Å². The second-order valence-corrected chi connectivity index (χ2v) is 3.36. The largest absolute Gasteiger partial charge is 0.138 e. The molecule has 0 spiro atoms. The van der Waals surface area contributed by atoms with Gasteiger partial charge in [-0.05, 0) is 12.8 Å². The van der Waals surface area contributed by atoms with E-state index < -0.39 is 0 Å². The predicted molar refractivity (Wildman–Crippen MR) is 36.5 cm³/mol. The second-order valence-electron chi connectivity index (χ2n) is 3.36. The van der Waals surface area contributed by atoms with Gasteiger partial charge in [0, 0.05) is 0 Å². The van der Waals surface area contributed by atoms with E-state index in [9.17, 15) is 0 Å². The fourth-order valence-electron chi connectivity index (χ4n) is 1.14. The van der Waals surface area contributed by atoms with Gasteiger partial charge in [0.1, 0.15) is 18.3 Å². The molecule has 0 aromatic heterocycles. The fourth-order valence-corrected chi connectivity index (χ4v) is 1.14. The molecule has 1 aliphatic rings. The zero-order chi connectivity index (χ0) is 6.15. The van der Waals surface area contributed by atoms with Gasteiger partial charge in [0.15, 0.2) is 0 Å². The van der Waals surface area contributed by atoms with Crippen molar-refractivity contribution in [1.82, 2.24) is 0 Å². The molecule has 8 heavy (non-hydrogen) atoms. The van der Waals surface area contributed by atoms with Crippen LogP contribution < -0.4 is 0 Å². The summed E-state index contributed by atoms with van der Waals surface area (Å²) in [5, 5.41) is 0. The van der Waals surface area contributed by atoms with E-state index in [0.29, 0.717) is 0 Å². The van der Waals surface area contributed by atoms with Crippen molar-refractivity contribution in [2.24, 2.45) is 11.8 Å². The maximum absolute atomic E-state index is 2.32. The highest BCUT2D eigenvalue weighted by molar-refractivity contribution is 5.11. The molecule has 46 valence electrons. The summed E-state index contributed by atoms with van der Waals surface area (Å²) in [7, 11) is 0. The predicted octanol–water partition coefficient (Wildman–Crippen LogP) is 2.65. The lowest BCUT2D eigenvalue weighted by molar-refractivity contribution is 0.620. The Morgan fingerprint density at radius 3 is 2.25 bits per heavy atom. The Morgan fingerprint density at radius 2 is 2.12 bits per heavy atom. The topological polar surface area (TPSA) is 0 Å². The molecule has 1 atom stereocenters. The van der Waals surface area contributed by atoms with Crippen molar-refractivity contribution in [2.75, 3.05) is 0 Å². The molecule has 1 unspecified atom stereocenters. The van der Waals surface area contributed by atoms with Crippen LogP contribution in [0.4, 0.5) is 0 Å². The average molecular weight is 111 g/mol. The lowest BCUT2D eigenvalue weighted by Crippen LogP contribution is -1.87. The van der Waals surface area contributed by atoms with Crippen LogP contribution in [0.15, 0.2) is 0 Å². The maximum atomic E-state index is 2.32. The van der Waals surface area contributed by atoms with Crippen molar-refractivity contribution >= 4 is 0 Å². The van der Waals surface area contributed by atoms with Crippen molar-refractivity contribution in [3.8, 4) is 0 Å². The standard InChI is InChI=1S/C8H15/c1-6(2)4-8-5-7(8)3/h6-7H,4-5H2,1-3H3/q+1. The van der Waals surface area contributed by atoms with Gasteiger partial charge in [-0.3, -0.25) is 0 Å². The Balaban J connectivity index is 2.05. The van der Waals surface area contributed by atoms with Gasteiger partial charge in [0.2, 0.25) is 0 Å². The van der Waals surface area contributed by atoms with Gasteiger partial charge in [-0.15, -0.1) is 0 Å². The summed E-state index contributed by atoms with van der Waals surface area (Å²) in [6, 6.07) is 0. The van der Waals surface area contributed by atoms with E-state index in [1.807, 2.05) is 0 Å². The third-order valence-electron chi connectivity index (χ3n) is 1.78. The quantitative estimate of drug-likeness (QED) is 0.480. The molecule has 0 saturated heterocycles. The van der Waals surface area contributed by atoms with Gasteiger partial charge in [0.05, 0.1) is 6.42 Å². The van der Waals surface area contributed by atoms with Gasteiger partial charge in [-0.25, -0.2) is 0 Å². The van der Waals surface area contributed by atoms with E-state index in [2.05, 4.69) is 20.8 Å². The van der Waals surface area contributed by atoms with Crippen molar-refractivity contribution in [2.45, 2.75) is 33.6 Å². The minimum Gasteiger partial charge on any atom is -0.0587 e. The van der Waals surface area contributed by atoms with Crippen LogP contribution in [0, 0.1) is 17.8 Å². The molecule has 0 aromatic carbocycles. The number of hydrogen-bond donors (Lipinski definition) is 0. The highest BCUT2D eigenvalue weighted by Crippen LogP contribution is 2.44. The Labute approximate surface area is 52.3 Å². The summed E-state index contributed by atoms with van der Waals surface area (Å²) in [6.07, 6.45) is 2.79. The monoisotopic (exact) mass is 111 g/mol. The van der Waals surface area contributed by atoms with E-state index >= 15 is 0 Å². The molecule has 0 radical (unpaired) electrons. The molecular formula is C8H15+. The first kappa shape index (κ1) is 6.00. The van der Waals surface area contributed by atoms with Crippen LogP contribution in [-0.2, 0) is 0 Å². The highest BCUT2D eigenvalue weighted by Gasteiger charge is 2.47. The van der Waals surface area contributed by atoms with Crippen LogP contribution in [0.25, 0.3) is 0 Å². The zero-order valence-electron chi connectivity index (χ0n) is 6.07. The van der Waals surface area contributed by atoms with E-state index in [1.54, 1.807) is 5.92 Å². The van der Waals surface area contributed by atoms with Crippen molar-refractivity contribution in [3.05, 3.63) is 5.92 Å². The van der Waals surface area contributed by atoms with E-state index in [4.69, 9.17) is 0 Å². The molecule has 0 heterocycles. The molecule has 1 saturated carbocycles. The molecule has 1 aliphatic carbocycles. The maximum Gasteiger partial charge on any atom is 0.138 e. The van der Waals surface area contributed by atoms with Crippen LogP contribution in [0.1, 0.15) is 33.6 Å². The molecule has 0 aromatic rings. The van der Waals surface area contributed by atoms with Crippen molar-refractivity contribution in [3.63, 3.8) is 0 Å². The molecule has 0 heteroatoms. The molecule has 0 aliphatic heterocycles. The smallest absolute Gasteiger partial charge is 0.0587 e. The lowest BCUT2D eigenvalue weighted by Gasteiger charge is -1.91. The second kappa shape index (κ2) is 2.00. The molecule has 1 rings (SSSR count). The molecule has 1 fully saturated rings. The molecular weight excluding hydrogens is 96.1 g/mol. The summed E-state index contributed by atoms with van der Waals surface area (Å²) in [4.78, 5) is 0. The fraction of sp³-hybridized carbons (Fsp3) is 0.875. The first-order valence-corrected chi connectivity index (χ1v) is 3.54. The van der Waals surface area contributed by atoms with E-state index in [-0.39, 0.29) is 0 Å². The molecule has 0 nitrogen and oxygen atoms in total. The zero-order valence-corrected chi connectivity index (χ0v) is 6.07. The van der Waals surface area contributed by atoms with Gasteiger partial charge >= 0.3 is 0 Å². The van der Waals surface area contributed by atoms with Gasteiger partial charge in [-0.2, -0.15) is 0 Å². The minimum absolute atomic E-state index is 0.884. The van der Waals surface area contributed by atoms with Crippen LogP contribution >= 0.6 is 0 Å². The Hall–Kier alpha value is -0.130. The first-order chi connectivity index (χ1) is 3.70. The van der Waals surface area contributed by atoms with Crippen LogP contribution in [0.3, 0.4) is 0 Å². The SMILES string of the molecule is CC(C)C[C+]1CC1C. The molecule has 0 N–H and O–H groups in total. The van der Waals surface area contributed by atoms with Crippen LogP contribution in [0.5, 0.6) is 0 Å². The Bertz CT molecular complexity index is 74.1. The minimum atomic E-state index is 0.884. The van der Waals surface area contributed by atoms with Crippen molar-refractivity contribution < 1.29 is 0 Å².